The minimum atomic E-state index is -0.340. The lowest BCUT2D eigenvalue weighted by atomic mass is 10.2. The monoisotopic (exact) mass is 451 g/mol. The molecule has 32 heavy (non-hydrogen) atoms. The van der Waals surface area contributed by atoms with Gasteiger partial charge < -0.3 is 19.3 Å². The molecule has 2 heterocycles. The zero-order chi connectivity index (χ0) is 22.5. The van der Waals surface area contributed by atoms with E-state index >= 15 is 0 Å². The van der Waals surface area contributed by atoms with Gasteiger partial charge in [-0.25, -0.2) is 4.98 Å². The lowest BCUT2D eigenvalue weighted by Crippen LogP contribution is -2.46. The largest absolute Gasteiger partial charge is 0.493 e. The molecular weight excluding hydrogens is 422 g/mol. The molecule has 2 aromatic carbocycles. The predicted molar refractivity (Wildman–Crippen MR) is 129 cm³/mol. The van der Waals surface area contributed by atoms with Crippen molar-refractivity contribution in [3.05, 3.63) is 64.7 Å². The number of anilines is 2. The number of ether oxygens (including phenoxy) is 2. The highest BCUT2D eigenvalue weighted by molar-refractivity contribution is 7.15. The van der Waals surface area contributed by atoms with Crippen LogP contribution in [0.15, 0.2) is 48.5 Å². The van der Waals surface area contributed by atoms with Crippen molar-refractivity contribution in [2.45, 2.75) is 27.2 Å². The summed E-state index contributed by atoms with van der Waals surface area (Å²) >= 11 is 1.76. The van der Waals surface area contributed by atoms with Crippen LogP contribution in [-0.2, 0) is 11.2 Å². The Morgan fingerprint density at radius 2 is 1.69 bits per heavy atom. The van der Waals surface area contributed by atoms with Gasteiger partial charge in [-0.1, -0.05) is 23.8 Å². The van der Waals surface area contributed by atoms with E-state index < -0.39 is 0 Å². The molecule has 0 amide bonds. The molecule has 0 bridgehead atoms. The molecular formula is C25H29N3O3S. The molecule has 0 aliphatic carbocycles. The number of aromatic nitrogens is 1. The number of aryl methyl sites for hydroxylation is 2. The van der Waals surface area contributed by atoms with Gasteiger partial charge in [0.15, 0.2) is 5.13 Å². The minimum Gasteiger partial charge on any atom is -0.493 e. The molecule has 0 atom stereocenters. The first-order valence-electron chi connectivity index (χ1n) is 10.9. The summed E-state index contributed by atoms with van der Waals surface area (Å²) in [5, 5.41) is 1.10. The number of carbonyl (C=O) groups excluding carboxylic acids is 1. The number of hydrogen-bond donors (Lipinski definition) is 0. The maximum Gasteiger partial charge on any atom is 0.308 e. The molecule has 0 radical (unpaired) electrons. The van der Waals surface area contributed by atoms with Gasteiger partial charge in [-0.05, 0) is 38.1 Å². The summed E-state index contributed by atoms with van der Waals surface area (Å²) in [7, 11) is 0. The van der Waals surface area contributed by atoms with E-state index in [1.807, 2.05) is 12.1 Å². The van der Waals surface area contributed by atoms with Crippen molar-refractivity contribution in [1.29, 1.82) is 0 Å². The van der Waals surface area contributed by atoms with Crippen molar-refractivity contribution in [3.63, 3.8) is 0 Å². The second-order valence-corrected chi connectivity index (χ2v) is 9.16. The fourth-order valence-corrected chi connectivity index (χ4v) is 4.76. The third-order valence-electron chi connectivity index (χ3n) is 5.51. The molecule has 7 heteroatoms. The first kappa shape index (κ1) is 22.1. The minimum absolute atomic E-state index is 0.340. The molecule has 0 saturated carbocycles. The van der Waals surface area contributed by atoms with Crippen LogP contribution in [-0.4, -0.2) is 43.7 Å². The summed E-state index contributed by atoms with van der Waals surface area (Å²) in [6.45, 7) is 10.1. The van der Waals surface area contributed by atoms with Crippen LogP contribution in [0, 0.1) is 13.8 Å². The average molecular weight is 452 g/mol. The maximum absolute atomic E-state index is 11.1. The van der Waals surface area contributed by atoms with Gasteiger partial charge in [0.25, 0.3) is 0 Å². The maximum atomic E-state index is 11.1. The van der Waals surface area contributed by atoms with E-state index in [2.05, 4.69) is 47.9 Å². The van der Waals surface area contributed by atoms with Crippen molar-refractivity contribution < 1.29 is 14.3 Å². The lowest BCUT2D eigenvalue weighted by molar-refractivity contribution is -0.131. The van der Waals surface area contributed by atoms with Crippen LogP contribution in [0.5, 0.6) is 11.5 Å². The third kappa shape index (κ3) is 5.59. The van der Waals surface area contributed by atoms with E-state index in [1.54, 1.807) is 23.5 Å². The van der Waals surface area contributed by atoms with Crippen molar-refractivity contribution >= 4 is 28.1 Å². The van der Waals surface area contributed by atoms with Gasteiger partial charge in [-0.15, -0.1) is 11.3 Å². The highest BCUT2D eigenvalue weighted by atomic mass is 32.1. The second kappa shape index (κ2) is 10.0. The highest BCUT2D eigenvalue weighted by Crippen LogP contribution is 2.28. The van der Waals surface area contributed by atoms with Crippen LogP contribution in [0.4, 0.5) is 10.8 Å². The Labute approximate surface area is 193 Å². The summed E-state index contributed by atoms with van der Waals surface area (Å²) in [6, 6.07) is 15.9. The zero-order valence-electron chi connectivity index (χ0n) is 18.8. The topological polar surface area (TPSA) is 54.9 Å². The fraction of sp³-hybridized carbons (Fsp3) is 0.360. The van der Waals surface area contributed by atoms with E-state index in [-0.39, 0.29) is 5.97 Å². The van der Waals surface area contributed by atoms with Crippen LogP contribution in [0.2, 0.25) is 0 Å². The number of hydrogen-bond acceptors (Lipinski definition) is 7. The number of nitrogens with zero attached hydrogens (tertiary/aromatic N) is 3. The Morgan fingerprint density at radius 3 is 2.41 bits per heavy atom. The van der Waals surface area contributed by atoms with Gasteiger partial charge in [0.05, 0.1) is 12.3 Å². The zero-order valence-corrected chi connectivity index (χ0v) is 19.7. The number of carbonyl (C=O) groups is 1. The molecule has 6 nitrogen and oxygen atoms in total. The van der Waals surface area contributed by atoms with Crippen LogP contribution < -0.4 is 19.3 Å². The van der Waals surface area contributed by atoms with Crippen LogP contribution >= 0.6 is 11.3 Å². The molecule has 0 N–H and O–H groups in total. The van der Waals surface area contributed by atoms with E-state index in [9.17, 15) is 4.79 Å². The van der Waals surface area contributed by atoms with Crippen molar-refractivity contribution in [1.82, 2.24) is 4.98 Å². The molecule has 0 unspecified atom stereocenters. The Bertz CT molecular complexity index is 1060. The van der Waals surface area contributed by atoms with E-state index in [0.29, 0.717) is 18.1 Å². The number of esters is 1. The van der Waals surface area contributed by atoms with Gasteiger partial charge in [-0.2, -0.15) is 0 Å². The Kier molecular flexibility index (Phi) is 6.95. The molecule has 1 aliphatic rings. The van der Waals surface area contributed by atoms with Gasteiger partial charge in [0, 0.05) is 56.2 Å². The second-order valence-electron chi connectivity index (χ2n) is 7.98. The van der Waals surface area contributed by atoms with Gasteiger partial charge in [0.1, 0.15) is 11.5 Å². The first-order chi connectivity index (χ1) is 15.5. The smallest absolute Gasteiger partial charge is 0.308 e. The van der Waals surface area contributed by atoms with Crippen LogP contribution in [0.3, 0.4) is 0 Å². The molecule has 168 valence electrons. The number of piperazine rings is 1. The Morgan fingerprint density at radius 1 is 1.00 bits per heavy atom. The number of benzene rings is 2. The predicted octanol–water partition coefficient (Wildman–Crippen LogP) is 4.63. The summed E-state index contributed by atoms with van der Waals surface area (Å²) < 4.78 is 11.0. The summed E-state index contributed by atoms with van der Waals surface area (Å²) in [5.74, 6) is 0.837. The lowest BCUT2D eigenvalue weighted by Gasteiger charge is -2.36. The average Bonchev–Trinajstić information content (AvgIpc) is 3.15. The standard InChI is InChI=1S/C25H29N3O3S/c1-18-7-9-21(10-8-18)27-12-14-28(15-13-27)25-26-24(19(2)32-25)11-16-30-22-5-4-6-23(17-22)31-20(3)29/h4-10,17H,11-16H2,1-3H3. The van der Waals surface area contributed by atoms with Gasteiger partial charge >= 0.3 is 5.97 Å². The number of thiazole rings is 1. The Hall–Kier alpha value is -3.06. The van der Waals surface area contributed by atoms with E-state index in [1.165, 1.54) is 23.1 Å². The molecule has 1 saturated heterocycles. The highest BCUT2D eigenvalue weighted by Gasteiger charge is 2.21. The summed E-state index contributed by atoms with van der Waals surface area (Å²) in [5.41, 5.74) is 3.67. The van der Waals surface area contributed by atoms with Gasteiger partial charge in [-0.3, -0.25) is 4.79 Å². The normalized spacial score (nSPS) is 13.8. The number of rotatable bonds is 7. The van der Waals surface area contributed by atoms with Crippen molar-refractivity contribution in [3.8, 4) is 11.5 Å². The van der Waals surface area contributed by atoms with Gasteiger partial charge in [0.2, 0.25) is 0 Å². The summed E-state index contributed by atoms with van der Waals surface area (Å²) in [4.78, 5) is 22.1. The molecule has 1 fully saturated rings. The molecule has 1 aromatic heterocycles. The van der Waals surface area contributed by atoms with Crippen molar-refractivity contribution in [2.75, 3.05) is 42.6 Å². The quantitative estimate of drug-likeness (QED) is 0.386. The van der Waals surface area contributed by atoms with Crippen LogP contribution in [0.25, 0.3) is 0 Å². The third-order valence-corrected chi connectivity index (χ3v) is 6.58. The molecule has 4 rings (SSSR count). The fourth-order valence-electron chi connectivity index (χ4n) is 3.75. The molecule has 0 spiro atoms. The molecule has 3 aromatic rings. The Balaban J connectivity index is 1.30. The molecule has 1 aliphatic heterocycles. The van der Waals surface area contributed by atoms with Crippen molar-refractivity contribution in [2.24, 2.45) is 0 Å². The first-order valence-corrected chi connectivity index (χ1v) is 11.7. The van der Waals surface area contributed by atoms with E-state index in [0.717, 1.165) is 43.4 Å². The summed E-state index contributed by atoms with van der Waals surface area (Å²) in [6.07, 6.45) is 0.740. The van der Waals surface area contributed by atoms with Crippen LogP contribution in [0.1, 0.15) is 23.1 Å². The SMILES string of the molecule is CC(=O)Oc1cccc(OCCc2nc(N3CCN(c4ccc(C)cc4)CC3)sc2C)c1. The van der Waals surface area contributed by atoms with E-state index in [4.69, 9.17) is 14.5 Å².